The van der Waals surface area contributed by atoms with Crippen LogP contribution in [0.5, 0.6) is 0 Å². The lowest BCUT2D eigenvalue weighted by atomic mass is 10.1. The number of carbonyl (C=O) groups is 4. The number of esters is 1. The smallest absolute Gasteiger partial charge is 0.411 e. The van der Waals surface area contributed by atoms with Crippen molar-refractivity contribution in [1.82, 2.24) is 4.90 Å². The van der Waals surface area contributed by atoms with Crippen molar-refractivity contribution in [2.75, 3.05) is 19.8 Å². The number of amides is 1. The Morgan fingerprint density at radius 1 is 1.00 bits per heavy atom. The van der Waals surface area contributed by atoms with Gasteiger partial charge in [-0.2, -0.15) is 0 Å². The number of ketones is 2. The van der Waals surface area contributed by atoms with Crippen molar-refractivity contribution in [2.45, 2.75) is 45.3 Å². The molecule has 1 fully saturated rings. The number of carbonyl (C=O) groups excluding carboxylic acids is 4. The summed E-state index contributed by atoms with van der Waals surface area (Å²) >= 11 is 0. The van der Waals surface area contributed by atoms with Crippen LogP contribution in [0.1, 0.15) is 54.3 Å². The largest absolute Gasteiger partial charge is 0.456 e. The van der Waals surface area contributed by atoms with Crippen LogP contribution in [0.15, 0.2) is 40.8 Å². The van der Waals surface area contributed by atoms with Crippen LogP contribution in [0.25, 0.3) is 21.9 Å². The third kappa shape index (κ3) is 5.19. The molecule has 1 amide bonds. The Morgan fingerprint density at radius 3 is 2.17 bits per heavy atom. The van der Waals surface area contributed by atoms with Crippen molar-refractivity contribution in [2.24, 2.45) is 0 Å². The highest BCUT2D eigenvalue weighted by Gasteiger charge is 2.37. The zero-order valence-electron chi connectivity index (χ0n) is 19.8. The molecule has 0 bridgehead atoms. The summed E-state index contributed by atoms with van der Waals surface area (Å²) in [5.41, 5.74) is 0.840. The summed E-state index contributed by atoms with van der Waals surface area (Å²) in [6.45, 7) is 4.56. The minimum atomic E-state index is -0.786. The summed E-state index contributed by atoms with van der Waals surface area (Å²) in [5.74, 6) is -1.48. The number of nitrogens with zero attached hydrogens (tertiary/aromatic N) is 1. The molecule has 2 heterocycles. The summed E-state index contributed by atoms with van der Waals surface area (Å²) in [6, 6.07) is 9.00. The first-order valence-electron chi connectivity index (χ1n) is 11.4. The number of benzene rings is 2. The first-order valence-corrected chi connectivity index (χ1v) is 11.4. The zero-order valence-corrected chi connectivity index (χ0v) is 19.8. The molecule has 0 unspecified atom stereocenters. The standard InChI is InChI=1S/C26H27NO8/c1-26(2,3)35-25(32)27-10-4-5-19(27)24(31)33-14-21(30)16-7-9-18-17-8-6-15(20(29)13-28)11-22(17)34-23(18)12-16/h6-9,11-12,19,28H,4-5,10,13-14H2,1-3H3/t19-/m0/s1. The van der Waals surface area contributed by atoms with Crippen LogP contribution in [0, 0.1) is 0 Å². The molecule has 35 heavy (non-hydrogen) atoms. The minimum Gasteiger partial charge on any atom is -0.456 e. The zero-order chi connectivity index (χ0) is 25.3. The second kappa shape index (κ2) is 9.50. The van der Waals surface area contributed by atoms with Gasteiger partial charge in [-0.1, -0.05) is 12.1 Å². The van der Waals surface area contributed by atoms with E-state index in [4.69, 9.17) is 19.0 Å². The first kappa shape index (κ1) is 24.4. The van der Waals surface area contributed by atoms with Crippen LogP contribution >= 0.6 is 0 Å². The molecule has 0 spiro atoms. The Labute approximate surface area is 201 Å². The second-order valence-electron chi connectivity index (χ2n) is 9.47. The highest BCUT2D eigenvalue weighted by Crippen LogP contribution is 2.30. The van der Waals surface area contributed by atoms with Gasteiger partial charge in [0.15, 0.2) is 18.2 Å². The molecule has 184 valence electrons. The summed E-state index contributed by atoms with van der Waals surface area (Å²) in [6.07, 6.45) is 0.502. The Bertz CT molecular complexity index is 1320. The van der Waals surface area contributed by atoms with Crippen LogP contribution in [-0.4, -0.2) is 65.0 Å². The summed E-state index contributed by atoms with van der Waals surface area (Å²) in [5, 5.41) is 10.6. The molecular formula is C26H27NO8. The van der Waals surface area contributed by atoms with E-state index in [0.717, 1.165) is 10.8 Å². The van der Waals surface area contributed by atoms with E-state index >= 15 is 0 Å². The maximum absolute atomic E-state index is 12.7. The third-order valence-electron chi connectivity index (χ3n) is 5.76. The van der Waals surface area contributed by atoms with E-state index < -0.39 is 48.5 Å². The number of hydrogen-bond donors (Lipinski definition) is 1. The molecule has 1 saturated heterocycles. The summed E-state index contributed by atoms with van der Waals surface area (Å²) in [4.78, 5) is 50.8. The Kier molecular flexibility index (Phi) is 6.62. The van der Waals surface area contributed by atoms with Gasteiger partial charge in [0.1, 0.15) is 29.4 Å². The van der Waals surface area contributed by atoms with Gasteiger partial charge in [0.25, 0.3) is 0 Å². The number of likely N-dealkylation sites (tertiary alicyclic amines) is 1. The fourth-order valence-corrected chi connectivity index (χ4v) is 4.08. The van der Waals surface area contributed by atoms with Crippen LogP contribution in [0.4, 0.5) is 4.79 Å². The summed E-state index contributed by atoms with van der Waals surface area (Å²) < 4.78 is 16.4. The second-order valence-corrected chi connectivity index (χ2v) is 9.47. The number of rotatable bonds is 6. The SMILES string of the molecule is CC(C)(C)OC(=O)N1CCC[C@H]1C(=O)OCC(=O)c1ccc2c(c1)oc1cc(C(=O)CO)ccc12. The molecule has 1 aromatic heterocycles. The monoisotopic (exact) mass is 481 g/mol. The molecule has 3 aromatic rings. The van der Waals surface area contributed by atoms with Gasteiger partial charge in [-0.05, 0) is 57.9 Å². The minimum absolute atomic E-state index is 0.298. The lowest BCUT2D eigenvalue weighted by Gasteiger charge is -2.27. The summed E-state index contributed by atoms with van der Waals surface area (Å²) in [7, 11) is 0. The normalized spacial score (nSPS) is 16.0. The van der Waals surface area contributed by atoms with Gasteiger partial charge in [0.2, 0.25) is 0 Å². The fourth-order valence-electron chi connectivity index (χ4n) is 4.08. The fraction of sp³-hybridized carbons (Fsp3) is 0.385. The lowest BCUT2D eigenvalue weighted by Crippen LogP contribution is -2.44. The van der Waals surface area contributed by atoms with E-state index in [9.17, 15) is 19.2 Å². The average molecular weight is 482 g/mol. The van der Waals surface area contributed by atoms with Crippen molar-refractivity contribution in [1.29, 1.82) is 0 Å². The van der Waals surface area contributed by atoms with E-state index in [-0.39, 0.29) is 0 Å². The number of ether oxygens (including phenoxy) is 2. The Morgan fingerprint density at radius 2 is 1.60 bits per heavy atom. The van der Waals surface area contributed by atoms with Gasteiger partial charge in [0.05, 0.1) is 0 Å². The van der Waals surface area contributed by atoms with Crippen molar-refractivity contribution < 1.29 is 38.2 Å². The lowest BCUT2D eigenvalue weighted by molar-refractivity contribution is -0.147. The van der Waals surface area contributed by atoms with Crippen molar-refractivity contribution >= 4 is 45.6 Å². The predicted octanol–water partition coefficient (Wildman–Crippen LogP) is 3.89. The molecule has 2 aromatic carbocycles. The van der Waals surface area contributed by atoms with Gasteiger partial charge in [-0.3, -0.25) is 14.5 Å². The predicted molar refractivity (Wildman–Crippen MR) is 126 cm³/mol. The van der Waals surface area contributed by atoms with Gasteiger partial charge in [-0.25, -0.2) is 9.59 Å². The van der Waals surface area contributed by atoms with Crippen molar-refractivity contribution in [3.05, 3.63) is 47.5 Å². The Hall–Kier alpha value is -3.72. The molecule has 0 saturated carbocycles. The quantitative estimate of drug-likeness (QED) is 0.416. The average Bonchev–Trinajstić information content (AvgIpc) is 3.44. The molecule has 4 rings (SSSR count). The van der Waals surface area contributed by atoms with Gasteiger partial charge >= 0.3 is 12.1 Å². The molecule has 1 N–H and O–H groups in total. The maximum Gasteiger partial charge on any atom is 0.411 e. The molecule has 9 heteroatoms. The van der Waals surface area contributed by atoms with Crippen LogP contribution in [0.3, 0.4) is 0 Å². The Balaban J connectivity index is 1.44. The third-order valence-corrected chi connectivity index (χ3v) is 5.76. The number of aliphatic hydroxyl groups excluding tert-OH is 1. The highest BCUT2D eigenvalue weighted by atomic mass is 16.6. The number of fused-ring (bicyclic) bond motifs is 3. The molecule has 0 radical (unpaired) electrons. The van der Waals surface area contributed by atoms with E-state index in [1.807, 2.05) is 0 Å². The van der Waals surface area contributed by atoms with Crippen molar-refractivity contribution in [3.8, 4) is 0 Å². The van der Waals surface area contributed by atoms with Gasteiger partial charge < -0.3 is 19.0 Å². The highest BCUT2D eigenvalue weighted by molar-refractivity contribution is 6.10. The maximum atomic E-state index is 12.7. The molecule has 9 nitrogen and oxygen atoms in total. The number of Topliss-reactive ketones (excluding diaryl/α,β-unsaturated/α-hetero) is 2. The van der Waals surface area contributed by atoms with E-state index in [1.165, 1.54) is 4.90 Å². The number of furan rings is 1. The van der Waals surface area contributed by atoms with Crippen LogP contribution in [-0.2, 0) is 14.3 Å². The van der Waals surface area contributed by atoms with Gasteiger partial charge in [-0.15, -0.1) is 0 Å². The molecule has 1 aliphatic heterocycles. The van der Waals surface area contributed by atoms with E-state index in [0.29, 0.717) is 41.7 Å². The number of hydrogen-bond acceptors (Lipinski definition) is 8. The molecule has 0 aliphatic carbocycles. The number of aliphatic hydroxyl groups is 1. The van der Waals surface area contributed by atoms with Gasteiger partial charge in [0, 0.05) is 28.4 Å². The van der Waals surface area contributed by atoms with Crippen LogP contribution < -0.4 is 0 Å². The van der Waals surface area contributed by atoms with Crippen LogP contribution in [0.2, 0.25) is 0 Å². The topological polar surface area (TPSA) is 123 Å². The van der Waals surface area contributed by atoms with E-state index in [2.05, 4.69) is 0 Å². The molecule has 1 aliphatic rings. The molecular weight excluding hydrogens is 454 g/mol. The first-order chi connectivity index (χ1) is 16.6. The molecule has 1 atom stereocenters. The van der Waals surface area contributed by atoms with Crippen molar-refractivity contribution in [3.63, 3.8) is 0 Å². The van der Waals surface area contributed by atoms with E-state index in [1.54, 1.807) is 57.2 Å².